The SMILES string of the molecule is COc1cccc2cc(C(=O)Nc3ccc(S(=O)(=O)Nc4cccc(Cl)c4C)cc3)oc12. The molecule has 0 atom stereocenters. The lowest BCUT2D eigenvalue weighted by atomic mass is 10.2. The Balaban J connectivity index is 1.51. The number of nitrogens with one attached hydrogen (secondary N) is 2. The van der Waals surface area contributed by atoms with Crippen molar-refractivity contribution in [2.24, 2.45) is 0 Å². The second kappa shape index (κ2) is 8.57. The van der Waals surface area contributed by atoms with E-state index in [9.17, 15) is 13.2 Å². The highest BCUT2D eigenvalue weighted by Crippen LogP contribution is 2.29. The van der Waals surface area contributed by atoms with E-state index >= 15 is 0 Å². The van der Waals surface area contributed by atoms with Crippen molar-refractivity contribution in [1.29, 1.82) is 0 Å². The molecule has 32 heavy (non-hydrogen) atoms. The molecule has 0 saturated heterocycles. The molecule has 4 aromatic rings. The average Bonchev–Trinajstić information content (AvgIpc) is 3.22. The molecule has 1 aromatic heterocycles. The summed E-state index contributed by atoms with van der Waals surface area (Å²) in [5.41, 5.74) is 1.92. The fourth-order valence-corrected chi connectivity index (χ4v) is 4.44. The molecule has 0 aliphatic rings. The van der Waals surface area contributed by atoms with E-state index in [1.165, 1.54) is 31.4 Å². The average molecular weight is 471 g/mol. The van der Waals surface area contributed by atoms with Gasteiger partial charge in [0.2, 0.25) is 0 Å². The molecule has 0 fully saturated rings. The van der Waals surface area contributed by atoms with Crippen molar-refractivity contribution in [1.82, 2.24) is 0 Å². The molecule has 3 aromatic carbocycles. The zero-order valence-electron chi connectivity index (χ0n) is 17.2. The van der Waals surface area contributed by atoms with E-state index in [1.54, 1.807) is 43.3 Å². The number of sulfonamides is 1. The predicted molar refractivity (Wildman–Crippen MR) is 124 cm³/mol. The number of carbonyl (C=O) groups excluding carboxylic acids is 1. The molecule has 4 rings (SSSR count). The van der Waals surface area contributed by atoms with Crippen LogP contribution in [0.1, 0.15) is 16.1 Å². The van der Waals surface area contributed by atoms with Gasteiger partial charge in [0.1, 0.15) is 0 Å². The van der Waals surface area contributed by atoms with Crippen molar-refractivity contribution in [3.63, 3.8) is 0 Å². The Bertz CT molecular complexity index is 1410. The smallest absolute Gasteiger partial charge is 0.291 e. The summed E-state index contributed by atoms with van der Waals surface area (Å²) in [5, 5.41) is 3.89. The number of halogens is 1. The van der Waals surface area contributed by atoms with Crippen molar-refractivity contribution in [3.8, 4) is 5.75 Å². The van der Waals surface area contributed by atoms with Gasteiger partial charge in [-0.25, -0.2) is 8.42 Å². The van der Waals surface area contributed by atoms with Gasteiger partial charge in [-0.05, 0) is 61.0 Å². The number of ether oxygens (including phenoxy) is 1. The van der Waals surface area contributed by atoms with Gasteiger partial charge < -0.3 is 14.5 Å². The second-order valence-electron chi connectivity index (χ2n) is 6.99. The zero-order valence-corrected chi connectivity index (χ0v) is 18.8. The minimum absolute atomic E-state index is 0.0448. The number of fused-ring (bicyclic) bond motifs is 1. The standard InChI is InChI=1S/C23H19ClN2O5S/c1-14-18(24)6-4-7-19(14)26-32(28,29)17-11-9-16(10-12-17)25-23(27)21-13-15-5-3-8-20(30-2)22(15)31-21/h3-13,26H,1-2H3,(H,25,27). The summed E-state index contributed by atoms with van der Waals surface area (Å²) >= 11 is 6.06. The summed E-state index contributed by atoms with van der Waals surface area (Å²) in [5.74, 6) is 0.171. The van der Waals surface area contributed by atoms with Crippen LogP contribution in [0, 0.1) is 6.92 Å². The number of anilines is 2. The van der Waals surface area contributed by atoms with Gasteiger partial charge in [-0.1, -0.05) is 29.8 Å². The number of rotatable bonds is 6. The number of benzene rings is 3. The van der Waals surface area contributed by atoms with Gasteiger partial charge in [-0.2, -0.15) is 0 Å². The first-order valence-electron chi connectivity index (χ1n) is 9.54. The van der Waals surface area contributed by atoms with Gasteiger partial charge in [0.25, 0.3) is 15.9 Å². The van der Waals surface area contributed by atoms with Crippen molar-refractivity contribution < 1.29 is 22.4 Å². The molecule has 1 heterocycles. The third-order valence-electron chi connectivity index (χ3n) is 4.89. The van der Waals surface area contributed by atoms with Crippen LogP contribution < -0.4 is 14.8 Å². The van der Waals surface area contributed by atoms with Crippen molar-refractivity contribution in [2.75, 3.05) is 17.1 Å². The maximum atomic E-state index is 12.7. The Morgan fingerprint density at radius 1 is 1.03 bits per heavy atom. The lowest BCUT2D eigenvalue weighted by molar-refractivity contribution is 0.0998. The predicted octanol–water partition coefficient (Wildman–Crippen LogP) is 5.46. The summed E-state index contributed by atoms with van der Waals surface area (Å²) in [7, 11) is -2.31. The molecule has 7 nitrogen and oxygen atoms in total. The first kappa shape index (κ1) is 21.7. The maximum absolute atomic E-state index is 12.7. The number of carbonyl (C=O) groups is 1. The monoisotopic (exact) mass is 470 g/mol. The molecule has 0 unspecified atom stereocenters. The van der Waals surface area contributed by atoms with Gasteiger partial charge in [-0.15, -0.1) is 0 Å². The molecule has 1 amide bonds. The largest absolute Gasteiger partial charge is 0.493 e. The van der Waals surface area contributed by atoms with Crippen molar-refractivity contribution >= 4 is 49.9 Å². The minimum Gasteiger partial charge on any atom is -0.493 e. The van der Waals surface area contributed by atoms with E-state index < -0.39 is 15.9 Å². The fourth-order valence-electron chi connectivity index (χ4n) is 3.14. The molecular formula is C23H19ClN2O5S. The van der Waals surface area contributed by atoms with Gasteiger partial charge >= 0.3 is 0 Å². The first-order valence-corrected chi connectivity index (χ1v) is 11.4. The molecule has 2 N–H and O–H groups in total. The molecule has 0 saturated carbocycles. The molecule has 164 valence electrons. The van der Waals surface area contributed by atoms with Crippen LogP contribution in [0.5, 0.6) is 5.75 Å². The van der Waals surface area contributed by atoms with Gasteiger partial charge in [-0.3, -0.25) is 9.52 Å². The topological polar surface area (TPSA) is 97.6 Å². The summed E-state index contributed by atoms with van der Waals surface area (Å²) in [6.07, 6.45) is 0. The molecule has 0 aliphatic heterocycles. The quantitative estimate of drug-likeness (QED) is 0.390. The number of amides is 1. The van der Waals surface area contributed by atoms with E-state index in [4.69, 9.17) is 20.8 Å². The third kappa shape index (κ3) is 4.28. The number of furan rings is 1. The summed E-state index contributed by atoms with van der Waals surface area (Å²) in [4.78, 5) is 12.6. The van der Waals surface area contributed by atoms with Crippen LogP contribution in [0.2, 0.25) is 5.02 Å². The fraction of sp³-hybridized carbons (Fsp3) is 0.0870. The highest BCUT2D eigenvalue weighted by Gasteiger charge is 2.18. The highest BCUT2D eigenvalue weighted by molar-refractivity contribution is 7.92. The normalized spacial score (nSPS) is 11.3. The van der Waals surface area contributed by atoms with Gasteiger partial charge in [0, 0.05) is 16.1 Å². The zero-order chi connectivity index (χ0) is 22.9. The Labute approximate surface area is 190 Å². The Kier molecular flexibility index (Phi) is 5.82. The van der Waals surface area contributed by atoms with E-state index in [2.05, 4.69) is 10.0 Å². The van der Waals surface area contributed by atoms with Crippen LogP contribution in [0.4, 0.5) is 11.4 Å². The van der Waals surface area contributed by atoms with Gasteiger partial charge in [0.05, 0.1) is 17.7 Å². The number of para-hydroxylation sites is 1. The minimum atomic E-state index is -3.83. The van der Waals surface area contributed by atoms with E-state index in [0.717, 1.165) is 5.39 Å². The van der Waals surface area contributed by atoms with Crippen molar-refractivity contribution in [2.45, 2.75) is 11.8 Å². The molecule has 9 heteroatoms. The molecule has 0 bridgehead atoms. The number of methoxy groups -OCH3 is 1. The first-order chi connectivity index (χ1) is 15.3. The summed E-state index contributed by atoms with van der Waals surface area (Å²) < 4.78 is 38.8. The summed E-state index contributed by atoms with van der Waals surface area (Å²) in [6.45, 7) is 1.73. The number of hydrogen-bond acceptors (Lipinski definition) is 5. The van der Waals surface area contributed by atoms with Crippen LogP contribution in [-0.2, 0) is 10.0 Å². The molecule has 0 spiro atoms. The van der Waals surface area contributed by atoms with E-state index in [0.29, 0.717) is 33.3 Å². The maximum Gasteiger partial charge on any atom is 0.291 e. The summed E-state index contributed by atoms with van der Waals surface area (Å²) in [6, 6.07) is 17.8. The lowest BCUT2D eigenvalue weighted by Gasteiger charge is -2.12. The lowest BCUT2D eigenvalue weighted by Crippen LogP contribution is -2.14. The Morgan fingerprint density at radius 2 is 1.75 bits per heavy atom. The molecule has 0 aliphatic carbocycles. The van der Waals surface area contributed by atoms with E-state index in [-0.39, 0.29) is 10.7 Å². The highest BCUT2D eigenvalue weighted by atomic mass is 35.5. The number of hydrogen-bond donors (Lipinski definition) is 2. The van der Waals surface area contributed by atoms with Crippen LogP contribution in [0.3, 0.4) is 0 Å². The van der Waals surface area contributed by atoms with Gasteiger partial charge in [0.15, 0.2) is 17.1 Å². The second-order valence-corrected chi connectivity index (χ2v) is 9.08. The third-order valence-corrected chi connectivity index (χ3v) is 6.68. The van der Waals surface area contributed by atoms with Crippen LogP contribution in [-0.4, -0.2) is 21.4 Å². The molecular weight excluding hydrogens is 452 g/mol. The molecule has 0 radical (unpaired) electrons. The Morgan fingerprint density at radius 3 is 2.47 bits per heavy atom. The Hall–Kier alpha value is -3.49. The van der Waals surface area contributed by atoms with Crippen LogP contribution in [0.25, 0.3) is 11.0 Å². The van der Waals surface area contributed by atoms with Crippen LogP contribution in [0.15, 0.2) is 76.0 Å². The van der Waals surface area contributed by atoms with Crippen LogP contribution >= 0.6 is 11.6 Å². The van der Waals surface area contributed by atoms with E-state index in [1.807, 2.05) is 6.07 Å². The van der Waals surface area contributed by atoms with Crippen molar-refractivity contribution in [3.05, 3.63) is 83.1 Å².